The molecule has 7 nitrogen and oxygen atoms in total. The molecule has 0 aliphatic carbocycles. The Kier molecular flexibility index (Phi) is 4.62. The minimum atomic E-state index is 0.151. The fraction of sp³-hybridized carbons (Fsp3) is 0.529. The first-order valence-corrected chi connectivity index (χ1v) is 8.25. The summed E-state index contributed by atoms with van der Waals surface area (Å²) in [5, 5.41) is 4.22. The molecule has 0 atom stereocenters. The van der Waals surface area contributed by atoms with E-state index in [4.69, 9.17) is 0 Å². The zero-order chi connectivity index (χ0) is 17.3. The molecule has 0 N–H and O–H groups in total. The molecule has 0 saturated carbocycles. The van der Waals surface area contributed by atoms with Gasteiger partial charge >= 0.3 is 0 Å². The minimum absolute atomic E-state index is 0.151. The number of carbonyl (C=O) groups excluding carboxylic acids is 1. The predicted molar refractivity (Wildman–Crippen MR) is 91.1 cm³/mol. The van der Waals surface area contributed by atoms with Crippen molar-refractivity contribution >= 4 is 5.91 Å². The van der Waals surface area contributed by atoms with E-state index in [-0.39, 0.29) is 5.91 Å². The first-order valence-electron chi connectivity index (χ1n) is 8.25. The van der Waals surface area contributed by atoms with Gasteiger partial charge in [-0.15, -0.1) is 0 Å². The zero-order valence-corrected chi connectivity index (χ0v) is 14.7. The van der Waals surface area contributed by atoms with Crippen molar-refractivity contribution in [2.45, 2.75) is 32.9 Å². The van der Waals surface area contributed by atoms with Crippen LogP contribution < -0.4 is 0 Å². The van der Waals surface area contributed by atoms with Crippen LogP contribution in [0.2, 0.25) is 0 Å². The van der Waals surface area contributed by atoms with Gasteiger partial charge in [0.1, 0.15) is 6.33 Å². The Morgan fingerprint density at radius 3 is 2.83 bits per heavy atom. The summed E-state index contributed by atoms with van der Waals surface area (Å²) >= 11 is 0. The molecule has 3 heterocycles. The van der Waals surface area contributed by atoms with Gasteiger partial charge in [0.2, 0.25) is 5.91 Å². The summed E-state index contributed by atoms with van der Waals surface area (Å²) in [7, 11) is 3.86. The Balaban J connectivity index is 1.83. The van der Waals surface area contributed by atoms with Gasteiger partial charge in [-0.05, 0) is 20.9 Å². The Bertz CT molecular complexity index is 738. The molecule has 0 spiro atoms. The number of aromatic nitrogens is 4. The summed E-state index contributed by atoms with van der Waals surface area (Å²) in [5.74, 6) is 0.151. The van der Waals surface area contributed by atoms with Crippen LogP contribution in [-0.2, 0) is 24.8 Å². The van der Waals surface area contributed by atoms with E-state index in [1.807, 2.05) is 25.2 Å². The molecule has 0 radical (unpaired) electrons. The lowest BCUT2D eigenvalue weighted by atomic mass is 10.0. The molecule has 7 heteroatoms. The largest absolute Gasteiger partial charge is 0.337 e. The van der Waals surface area contributed by atoms with E-state index in [1.165, 1.54) is 0 Å². The second-order valence-electron chi connectivity index (χ2n) is 6.62. The number of hydrogen-bond donors (Lipinski definition) is 0. The Hall–Kier alpha value is -2.28. The highest BCUT2D eigenvalue weighted by molar-refractivity contribution is 5.79. The number of amides is 1. The van der Waals surface area contributed by atoms with Crippen LogP contribution in [0.1, 0.15) is 25.1 Å². The smallest absolute Gasteiger partial charge is 0.237 e. The molecule has 0 aromatic carbocycles. The molecule has 1 aliphatic rings. The lowest BCUT2D eigenvalue weighted by Crippen LogP contribution is -2.43. The fourth-order valence-corrected chi connectivity index (χ4v) is 2.84. The molecular formula is C17H24N6O. The Morgan fingerprint density at radius 1 is 1.38 bits per heavy atom. The van der Waals surface area contributed by atoms with Crippen molar-refractivity contribution in [1.29, 1.82) is 0 Å². The monoisotopic (exact) mass is 328 g/mol. The quantitative estimate of drug-likeness (QED) is 0.841. The van der Waals surface area contributed by atoms with Crippen molar-refractivity contribution in [3.63, 3.8) is 0 Å². The maximum atomic E-state index is 12.6. The van der Waals surface area contributed by atoms with Gasteiger partial charge in [-0.2, -0.15) is 5.10 Å². The van der Waals surface area contributed by atoms with Crippen molar-refractivity contribution in [1.82, 2.24) is 29.5 Å². The van der Waals surface area contributed by atoms with Crippen LogP contribution >= 0.6 is 0 Å². The number of hydrogen-bond acceptors (Lipinski definition) is 5. The Morgan fingerprint density at radius 2 is 2.17 bits per heavy atom. The average Bonchev–Trinajstić information content (AvgIpc) is 2.99. The highest BCUT2D eigenvalue weighted by Crippen LogP contribution is 2.27. The van der Waals surface area contributed by atoms with Crippen LogP contribution in [0.3, 0.4) is 0 Å². The zero-order valence-electron chi connectivity index (χ0n) is 14.7. The summed E-state index contributed by atoms with van der Waals surface area (Å²) in [6.07, 6.45) is 6.11. The van der Waals surface area contributed by atoms with Crippen LogP contribution in [0.25, 0.3) is 11.3 Å². The van der Waals surface area contributed by atoms with Gasteiger partial charge in [-0.25, -0.2) is 9.97 Å². The van der Waals surface area contributed by atoms with Crippen LogP contribution in [0, 0.1) is 0 Å². The van der Waals surface area contributed by atoms with Gasteiger partial charge in [0.05, 0.1) is 24.1 Å². The molecule has 1 aliphatic heterocycles. The molecular weight excluding hydrogens is 304 g/mol. The summed E-state index contributed by atoms with van der Waals surface area (Å²) in [4.78, 5) is 25.4. The third-order valence-corrected chi connectivity index (χ3v) is 4.60. The molecule has 0 fully saturated rings. The van der Waals surface area contributed by atoms with Gasteiger partial charge in [0.25, 0.3) is 0 Å². The number of carbonyl (C=O) groups is 1. The summed E-state index contributed by atoms with van der Waals surface area (Å²) in [6.45, 7) is 5.88. The normalized spacial score (nSPS) is 14.3. The van der Waals surface area contributed by atoms with E-state index in [0.717, 1.165) is 28.9 Å². The Labute approximate surface area is 142 Å². The summed E-state index contributed by atoms with van der Waals surface area (Å²) in [5.41, 5.74) is 3.91. The SMILES string of the molecule is CC(C)N(C)CC(=O)N1CCc2ncnc(-c3cnn(C)c3)c2C1. The second kappa shape index (κ2) is 6.68. The van der Waals surface area contributed by atoms with E-state index in [9.17, 15) is 4.79 Å². The number of aryl methyl sites for hydroxylation is 1. The topological polar surface area (TPSA) is 67.2 Å². The van der Waals surface area contributed by atoms with E-state index >= 15 is 0 Å². The van der Waals surface area contributed by atoms with Gasteiger partial charge in [0.15, 0.2) is 0 Å². The first kappa shape index (κ1) is 16.6. The van der Waals surface area contributed by atoms with Gasteiger partial charge < -0.3 is 4.90 Å². The highest BCUT2D eigenvalue weighted by Gasteiger charge is 2.26. The third kappa shape index (κ3) is 3.31. The summed E-state index contributed by atoms with van der Waals surface area (Å²) < 4.78 is 1.76. The van der Waals surface area contributed by atoms with Crippen LogP contribution in [0.15, 0.2) is 18.7 Å². The van der Waals surface area contributed by atoms with Crippen molar-refractivity contribution in [3.8, 4) is 11.3 Å². The standard InChI is InChI=1S/C17H24N6O/c1-12(2)21(3)10-16(24)23-6-5-15-14(9-23)17(19-11-18-15)13-7-20-22(4)8-13/h7-8,11-12H,5-6,9-10H2,1-4H3. The van der Waals surface area contributed by atoms with E-state index in [0.29, 0.717) is 25.7 Å². The fourth-order valence-electron chi connectivity index (χ4n) is 2.84. The highest BCUT2D eigenvalue weighted by atomic mass is 16.2. The molecule has 0 saturated heterocycles. The van der Waals surface area contributed by atoms with E-state index < -0.39 is 0 Å². The number of rotatable bonds is 4. The molecule has 0 unspecified atom stereocenters. The average molecular weight is 328 g/mol. The van der Waals surface area contributed by atoms with E-state index in [2.05, 4.69) is 33.8 Å². The van der Waals surface area contributed by atoms with Gasteiger partial charge in [-0.3, -0.25) is 14.4 Å². The lowest BCUT2D eigenvalue weighted by molar-refractivity contribution is -0.133. The maximum absolute atomic E-state index is 12.6. The predicted octanol–water partition coefficient (Wildman–Crippen LogP) is 1.10. The van der Waals surface area contributed by atoms with Crippen molar-refractivity contribution in [2.24, 2.45) is 7.05 Å². The minimum Gasteiger partial charge on any atom is -0.337 e. The lowest BCUT2D eigenvalue weighted by Gasteiger charge is -2.31. The molecule has 3 rings (SSSR count). The van der Waals surface area contributed by atoms with Crippen molar-refractivity contribution < 1.29 is 4.79 Å². The van der Waals surface area contributed by atoms with Gasteiger partial charge in [-0.1, -0.05) is 0 Å². The third-order valence-electron chi connectivity index (χ3n) is 4.60. The molecule has 1 amide bonds. The van der Waals surface area contributed by atoms with Gasteiger partial charge in [0, 0.05) is 49.9 Å². The molecule has 2 aromatic heterocycles. The summed E-state index contributed by atoms with van der Waals surface area (Å²) in [6, 6.07) is 0.348. The first-order chi connectivity index (χ1) is 11.5. The molecule has 24 heavy (non-hydrogen) atoms. The van der Waals surface area contributed by atoms with Crippen LogP contribution in [-0.4, -0.2) is 61.6 Å². The maximum Gasteiger partial charge on any atom is 0.237 e. The van der Waals surface area contributed by atoms with Crippen molar-refractivity contribution in [2.75, 3.05) is 20.1 Å². The molecule has 0 bridgehead atoms. The molecule has 128 valence electrons. The van der Waals surface area contributed by atoms with Crippen LogP contribution in [0.4, 0.5) is 0 Å². The molecule has 2 aromatic rings. The van der Waals surface area contributed by atoms with Crippen molar-refractivity contribution in [3.05, 3.63) is 30.0 Å². The number of fused-ring (bicyclic) bond motifs is 1. The number of likely N-dealkylation sites (N-methyl/N-ethyl adjacent to an activating group) is 1. The second-order valence-corrected chi connectivity index (χ2v) is 6.62. The van der Waals surface area contributed by atoms with Crippen LogP contribution in [0.5, 0.6) is 0 Å². The number of nitrogens with zero attached hydrogens (tertiary/aromatic N) is 6. The van der Waals surface area contributed by atoms with E-state index in [1.54, 1.807) is 17.2 Å².